The van der Waals surface area contributed by atoms with Gasteiger partial charge in [0.25, 0.3) is 0 Å². The number of hydrogen-bond donors (Lipinski definition) is 1. The molecule has 0 atom stereocenters. The maximum atomic E-state index is 14.4. The summed E-state index contributed by atoms with van der Waals surface area (Å²) in [6.45, 7) is 2.84. The first-order chi connectivity index (χ1) is 18.1. The molecule has 5 heteroatoms. The Bertz CT molecular complexity index is 1210. The number of halogens is 1. The summed E-state index contributed by atoms with van der Waals surface area (Å²) < 4.78 is 20.2. The number of carbonyl (C=O) groups is 1. The smallest absolute Gasteiger partial charge is 0.221 e. The van der Waals surface area contributed by atoms with Gasteiger partial charge in [-0.05, 0) is 40.8 Å². The van der Waals surface area contributed by atoms with Crippen molar-refractivity contribution < 1.29 is 13.9 Å². The number of primary amides is 1. The Morgan fingerprint density at radius 2 is 1.41 bits per heavy atom. The fourth-order valence-corrected chi connectivity index (χ4v) is 4.55. The minimum Gasteiger partial charge on any atom is -0.490 e. The van der Waals surface area contributed by atoms with Crippen LogP contribution in [0.25, 0.3) is 0 Å². The van der Waals surface area contributed by atoms with Crippen LogP contribution in [-0.4, -0.2) is 30.5 Å². The van der Waals surface area contributed by atoms with E-state index in [2.05, 4.69) is 77.7 Å². The molecule has 0 saturated carbocycles. The standard InChI is InChI=1S/C32H33FN2O2/c33-30-21-26(22-32(34)36)17-18-31(30)37-20-10-19-35(23-25-11-4-1-5-12-25)24-29(27-13-6-2-7-14-27)28-15-8-3-9-16-28/h1-9,11-18,21,29H,10,19-20,22-24H2,(H2,34,36). The van der Waals surface area contributed by atoms with Crippen molar-refractivity contribution in [1.82, 2.24) is 4.90 Å². The quantitative estimate of drug-likeness (QED) is 0.233. The van der Waals surface area contributed by atoms with Gasteiger partial charge in [0.1, 0.15) is 0 Å². The highest BCUT2D eigenvalue weighted by molar-refractivity contribution is 5.76. The lowest BCUT2D eigenvalue weighted by Crippen LogP contribution is -2.30. The van der Waals surface area contributed by atoms with Gasteiger partial charge >= 0.3 is 0 Å². The van der Waals surface area contributed by atoms with Crippen molar-refractivity contribution in [1.29, 1.82) is 0 Å². The second-order valence-corrected chi connectivity index (χ2v) is 9.20. The molecule has 4 aromatic carbocycles. The van der Waals surface area contributed by atoms with Crippen LogP contribution in [0.3, 0.4) is 0 Å². The highest BCUT2D eigenvalue weighted by Crippen LogP contribution is 2.26. The van der Waals surface area contributed by atoms with E-state index in [1.165, 1.54) is 22.8 Å². The summed E-state index contributed by atoms with van der Waals surface area (Å²) in [6, 6.07) is 36.2. The second kappa shape index (κ2) is 13.4. The molecule has 4 aromatic rings. The molecule has 0 bridgehead atoms. The summed E-state index contributed by atoms with van der Waals surface area (Å²) in [5.74, 6) is -0.555. The van der Waals surface area contributed by atoms with E-state index in [9.17, 15) is 9.18 Å². The van der Waals surface area contributed by atoms with Crippen molar-refractivity contribution in [2.75, 3.05) is 19.7 Å². The van der Waals surface area contributed by atoms with E-state index in [1.807, 2.05) is 18.2 Å². The van der Waals surface area contributed by atoms with E-state index in [4.69, 9.17) is 10.5 Å². The number of ether oxygens (including phenoxy) is 1. The summed E-state index contributed by atoms with van der Waals surface area (Å²) in [7, 11) is 0. The Kier molecular flexibility index (Phi) is 9.44. The Morgan fingerprint density at radius 1 is 0.811 bits per heavy atom. The van der Waals surface area contributed by atoms with E-state index >= 15 is 0 Å². The maximum absolute atomic E-state index is 14.4. The van der Waals surface area contributed by atoms with E-state index in [0.717, 1.165) is 26.1 Å². The van der Waals surface area contributed by atoms with Crippen molar-refractivity contribution >= 4 is 5.91 Å². The molecule has 0 aliphatic carbocycles. The summed E-state index contributed by atoms with van der Waals surface area (Å²) in [4.78, 5) is 13.5. The SMILES string of the molecule is NC(=O)Cc1ccc(OCCCN(Cc2ccccc2)CC(c2ccccc2)c2ccccc2)c(F)c1. The highest BCUT2D eigenvalue weighted by Gasteiger charge is 2.19. The third-order valence-corrected chi connectivity index (χ3v) is 6.34. The molecule has 2 N–H and O–H groups in total. The first-order valence-electron chi connectivity index (χ1n) is 12.6. The van der Waals surface area contributed by atoms with Crippen LogP contribution < -0.4 is 10.5 Å². The molecule has 1 amide bonds. The summed E-state index contributed by atoms with van der Waals surface area (Å²) in [5, 5.41) is 0. The largest absolute Gasteiger partial charge is 0.490 e. The molecule has 0 aromatic heterocycles. The molecule has 4 rings (SSSR count). The fourth-order valence-electron chi connectivity index (χ4n) is 4.55. The van der Waals surface area contributed by atoms with Crippen LogP contribution in [-0.2, 0) is 17.8 Å². The lowest BCUT2D eigenvalue weighted by molar-refractivity contribution is -0.117. The zero-order valence-electron chi connectivity index (χ0n) is 20.9. The van der Waals surface area contributed by atoms with Gasteiger partial charge < -0.3 is 10.5 Å². The van der Waals surface area contributed by atoms with Crippen LogP contribution in [0.2, 0.25) is 0 Å². The molecule has 0 fully saturated rings. The molecule has 190 valence electrons. The average molecular weight is 497 g/mol. The average Bonchev–Trinajstić information content (AvgIpc) is 2.91. The van der Waals surface area contributed by atoms with Gasteiger partial charge in [0.15, 0.2) is 11.6 Å². The molecule has 0 aliphatic heterocycles. The van der Waals surface area contributed by atoms with Crippen LogP contribution in [0, 0.1) is 5.82 Å². The summed E-state index contributed by atoms with van der Waals surface area (Å²) >= 11 is 0. The number of amides is 1. The highest BCUT2D eigenvalue weighted by atomic mass is 19.1. The van der Waals surface area contributed by atoms with Crippen molar-refractivity contribution in [2.24, 2.45) is 5.73 Å². The number of rotatable bonds is 13. The number of hydrogen-bond acceptors (Lipinski definition) is 3. The normalized spacial score (nSPS) is 11.1. The number of nitrogens with two attached hydrogens (primary N) is 1. The number of nitrogens with zero attached hydrogens (tertiary/aromatic N) is 1. The Balaban J connectivity index is 1.44. The van der Waals surface area contributed by atoms with E-state index < -0.39 is 11.7 Å². The van der Waals surface area contributed by atoms with Gasteiger partial charge in [-0.1, -0.05) is 97.1 Å². The van der Waals surface area contributed by atoms with Crippen molar-refractivity contribution in [3.8, 4) is 5.75 Å². The van der Waals surface area contributed by atoms with Gasteiger partial charge in [0.2, 0.25) is 5.91 Å². The number of benzene rings is 4. The molecule has 0 aliphatic rings. The first-order valence-corrected chi connectivity index (χ1v) is 12.6. The molecule has 0 unspecified atom stereocenters. The lowest BCUT2D eigenvalue weighted by Gasteiger charge is -2.28. The molecule has 37 heavy (non-hydrogen) atoms. The Morgan fingerprint density at radius 3 is 1.97 bits per heavy atom. The van der Waals surface area contributed by atoms with E-state index in [0.29, 0.717) is 12.2 Å². The predicted molar refractivity (Wildman–Crippen MR) is 146 cm³/mol. The topological polar surface area (TPSA) is 55.6 Å². The van der Waals surface area contributed by atoms with Crippen LogP contribution in [0.1, 0.15) is 34.6 Å². The van der Waals surface area contributed by atoms with Crippen LogP contribution in [0.5, 0.6) is 5.75 Å². The zero-order chi connectivity index (χ0) is 25.9. The third kappa shape index (κ3) is 8.02. The van der Waals surface area contributed by atoms with Crippen molar-refractivity contribution in [3.63, 3.8) is 0 Å². The van der Waals surface area contributed by atoms with Crippen LogP contribution in [0.15, 0.2) is 109 Å². The van der Waals surface area contributed by atoms with Crippen LogP contribution >= 0.6 is 0 Å². The van der Waals surface area contributed by atoms with Gasteiger partial charge in [-0.25, -0.2) is 4.39 Å². The van der Waals surface area contributed by atoms with Crippen molar-refractivity contribution in [2.45, 2.75) is 25.3 Å². The van der Waals surface area contributed by atoms with E-state index in [1.54, 1.807) is 12.1 Å². The molecule has 0 heterocycles. The molecule has 4 nitrogen and oxygen atoms in total. The Labute approximate surface area is 218 Å². The fraction of sp³-hybridized carbons (Fsp3) is 0.219. The molecular weight excluding hydrogens is 463 g/mol. The second-order valence-electron chi connectivity index (χ2n) is 9.20. The molecule has 0 radical (unpaired) electrons. The monoisotopic (exact) mass is 496 g/mol. The van der Waals surface area contributed by atoms with Gasteiger partial charge in [0, 0.05) is 25.6 Å². The van der Waals surface area contributed by atoms with Crippen molar-refractivity contribution in [3.05, 3.63) is 137 Å². The summed E-state index contributed by atoms with van der Waals surface area (Å²) in [5.41, 5.74) is 9.55. The predicted octanol–water partition coefficient (Wildman–Crippen LogP) is 5.96. The summed E-state index contributed by atoms with van der Waals surface area (Å²) in [6.07, 6.45) is 0.751. The van der Waals surface area contributed by atoms with Gasteiger partial charge in [-0.3, -0.25) is 9.69 Å². The van der Waals surface area contributed by atoms with Crippen LogP contribution in [0.4, 0.5) is 4.39 Å². The maximum Gasteiger partial charge on any atom is 0.221 e. The number of carbonyl (C=O) groups excluding carboxylic acids is 1. The van der Waals surface area contributed by atoms with Gasteiger partial charge in [-0.15, -0.1) is 0 Å². The Hall–Kier alpha value is -3.96. The first kappa shape index (κ1) is 26.1. The zero-order valence-corrected chi connectivity index (χ0v) is 20.9. The lowest BCUT2D eigenvalue weighted by atomic mass is 9.90. The molecule has 0 spiro atoms. The van der Waals surface area contributed by atoms with Gasteiger partial charge in [0.05, 0.1) is 13.0 Å². The molecule has 0 saturated heterocycles. The van der Waals surface area contributed by atoms with Gasteiger partial charge in [-0.2, -0.15) is 0 Å². The minimum atomic E-state index is -0.490. The minimum absolute atomic E-state index is 0.00956. The molecular formula is C32H33FN2O2. The third-order valence-electron chi connectivity index (χ3n) is 6.34. The van der Waals surface area contributed by atoms with E-state index in [-0.39, 0.29) is 18.1 Å².